The summed E-state index contributed by atoms with van der Waals surface area (Å²) in [6.45, 7) is 3.75. The third-order valence-corrected chi connectivity index (χ3v) is 5.65. The molecule has 2 unspecified atom stereocenters. The zero-order valence-electron chi connectivity index (χ0n) is 10.1. The summed E-state index contributed by atoms with van der Waals surface area (Å²) in [7, 11) is 2.34. The van der Waals surface area contributed by atoms with Gasteiger partial charge in [-0.2, -0.15) is 0 Å². The quantitative estimate of drug-likeness (QED) is 0.707. The van der Waals surface area contributed by atoms with Crippen molar-refractivity contribution in [3.05, 3.63) is 0 Å². The van der Waals surface area contributed by atoms with Crippen molar-refractivity contribution in [2.24, 2.45) is 11.3 Å². The molecular formula is C13H24BrN. The molecule has 2 aliphatic rings. The number of nitrogens with zero attached hydrogens (tertiary/aromatic N) is 1. The molecule has 0 heterocycles. The lowest BCUT2D eigenvalue weighted by atomic mass is 9.84. The smallest absolute Gasteiger partial charge is 0.0118 e. The predicted molar refractivity (Wildman–Crippen MR) is 69.5 cm³/mol. The van der Waals surface area contributed by atoms with Crippen LogP contribution in [0.25, 0.3) is 0 Å². The fourth-order valence-electron chi connectivity index (χ4n) is 3.11. The minimum Gasteiger partial charge on any atom is -0.303 e. The van der Waals surface area contributed by atoms with Gasteiger partial charge in [0, 0.05) is 17.9 Å². The molecule has 2 saturated carbocycles. The van der Waals surface area contributed by atoms with Crippen molar-refractivity contribution in [3.63, 3.8) is 0 Å². The van der Waals surface area contributed by atoms with Crippen LogP contribution in [0.4, 0.5) is 0 Å². The molecule has 0 aromatic heterocycles. The van der Waals surface area contributed by atoms with E-state index in [1.807, 2.05) is 0 Å². The van der Waals surface area contributed by atoms with E-state index in [-0.39, 0.29) is 0 Å². The first-order chi connectivity index (χ1) is 7.17. The Hall–Kier alpha value is 0.440. The molecule has 0 spiro atoms. The molecule has 0 aliphatic heterocycles. The molecule has 0 bridgehead atoms. The Morgan fingerprint density at radius 3 is 2.47 bits per heavy atom. The maximum absolute atomic E-state index is 3.67. The van der Waals surface area contributed by atoms with Crippen LogP contribution in [0, 0.1) is 11.3 Å². The minimum absolute atomic E-state index is 0.645. The van der Waals surface area contributed by atoms with E-state index in [0.717, 1.165) is 12.0 Å². The molecule has 0 aromatic carbocycles. The van der Waals surface area contributed by atoms with Crippen LogP contribution in [0.1, 0.15) is 45.4 Å². The number of hydrogen-bond donors (Lipinski definition) is 0. The fraction of sp³-hybridized carbons (Fsp3) is 1.00. The monoisotopic (exact) mass is 273 g/mol. The SMILES string of the molecule is CC1CCCCC1N(C)CC1(CBr)CC1. The van der Waals surface area contributed by atoms with Crippen LogP contribution in [0.15, 0.2) is 0 Å². The van der Waals surface area contributed by atoms with Crippen molar-refractivity contribution in [2.45, 2.75) is 51.5 Å². The Balaban J connectivity index is 1.86. The molecule has 15 heavy (non-hydrogen) atoms. The van der Waals surface area contributed by atoms with Gasteiger partial charge in [0.15, 0.2) is 0 Å². The van der Waals surface area contributed by atoms with Crippen LogP contribution in [0.5, 0.6) is 0 Å². The summed E-state index contributed by atoms with van der Waals surface area (Å²) in [5.41, 5.74) is 0.645. The molecule has 0 radical (unpaired) electrons. The molecule has 88 valence electrons. The van der Waals surface area contributed by atoms with E-state index in [1.165, 1.54) is 50.4 Å². The molecule has 0 aromatic rings. The fourth-order valence-corrected chi connectivity index (χ4v) is 3.85. The average molecular weight is 274 g/mol. The van der Waals surface area contributed by atoms with Gasteiger partial charge in [0.25, 0.3) is 0 Å². The highest BCUT2D eigenvalue weighted by molar-refractivity contribution is 9.09. The summed E-state index contributed by atoms with van der Waals surface area (Å²) < 4.78 is 0. The maximum Gasteiger partial charge on any atom is 0.0118 e. The van der Waals surface area contributed by atoms with Crippen LogP contribution in [0.2, 0.25) is 0 Å². The molecule has 2 atom stereocenters. The summed E-state index contributed by atoms with van der Waals surface area (Å²) in [4.78, 5) is 2.65. The molecule has 0 saturated heterocycles. The van der Waals surface area contributed by atoms with Crippen LogP contribution >= 0.6 is 15.9 Å². The molecular weight excluding hydrogens is 250 g/mol. The van der Waals surface area contributed by atoms with Crippen molar-refractivity contribution < 1.29 is 0 Å². The van der Waals surface area contributed by atoms with Gasteiger partial charge >= 0.3 is 0 Å². The molecule has 0 amide bonds. The van der Waals surface area contributed by atoms with Gasteiger partial charge < -0.3 is 4.90 Å². The van der Waals surface area contributed by atoms with Crippen LogP contribution in [-0.2, 0) is 0 Å². The van der Waals surface area contributed by atoms with Gasteiger partial charge in [0.05, 0.1) is 0 Å². The highest BCUT2D eigenvalue weighted by atomic mass is 79.9. The summed E-state index contributed by atoms with van der Waals surface area (Å²) in [5.74, 6) is 0.912. The highest BCUT2D eigenvalue weighted by Crippen LogP contribution is 2.48. The van der Waals surface area contributed by atoms with Gasteiger partial charge in [0.2, 0.25) is 0 Å². The first-order valence-electron chi connectivity index (χ1n) is 6.43. The largest absolute Gasteiger partial charge is 0.303 e. The van der Waals surface area contributed by atoms with Crippen molar-refractivity contribution in [1.29, 1.82) is 0 Å². The first kappa shape index (κ1) is 11.9. The second-order valence-corrected chi connectivity index (χ2v) is 6.44. The summed E-state index contributed by atoms with van der Waals surface area (Å²) in [5, 5.41) is 1.20. The third kappa shape index (κ3) is 2.76. The van der Waals surface area contributed by atoms with Crippen molar-refractivity contribution in [2.75, 3.05) is 18.9 Å². The van der Waals surface area contributed by atoms with Crippen molar-refractivity contribution >= 4 is 15.9 Å². The lowest BCUT2D eigenvalue weighted by Crippen LogP contribution is -2.42. The number of alkyl halides is 1. The zero-order valence-corrected chi connectivity index (χ0v) is 11.7. The van der Waals surface area contributed by atoms with Crippen molar-refractivity contribution in [3.8, 4) is 0 Å². The third-order valence-electron chi connectivity index (χ3n) is 4.46. The van der Waals surface area contributed by atoms with Gasteiger partial charge in [-0.15, -0.1) is 0 Å². The molecule has 1 nitrogen and oxygen atoms in total. The molecule has 2 aliphatic carbocycles. The molecule has 2 fully saturated rings. The second-order valence-electron chi connectivity index (χ2n) is 5.88. The predicted octanol–water partition coefficient (Wildman–Crippen LogP) is 3.67. The zero-order chi connectivity index (χ0) is 10.9. The van der Waals surface area contributed by atoms with E-state index in [2.05, 4.69) is 34.8 Å². The highest BCUT2D eigenvalue weighted by Gasteiger charge is 2.43. The van der Waals surface area contributed by atoms with Crippen LogP contribution < -0.4 is 0 Å². The van der Waals surface area contributed by atoms with E-state index in [9.17, 15) is 0 Å². The van der Waals surface area contributed by atoms with Crippen molar-refractivity contribution in [1.82, 2.24) is 4.90 Å². The Labute approximate surface area is 103 Å². The summed E-state index contributed by atoms with van der Waals surface area (Å²) in [6, 6.07) is 0.857. The van der Waals surface area contributed by atoms with Gasteiger partial charge in [-0.1, -0.05) is 35.7 Å². The minimum atomic E-state index is 0.645. The second kappa shape index (κ2) is 4.75. The van der Waals surface area contributed by atoms with Crippen LogP contribution in [0.3, 0.4) is 0 Å². The van der Waals surface area contributed by atoms with E-state index in [0.29, 0.717) is 5.41 Å². The van der Waals surface area contributed by atoms with E-state index in [4.69, 9.17) is 0 Å². The number of rotatable bonds is 4. The van der Waals surface area contributed by atoms with E-state index in [1.54, 1.807) is 0 Å². The Kier molecular flexibility index (Phi) is 3.77. The summed E-state index contributed by atoms with van der Waals surface area (Å²) >= 11 is 3.67. The Morgan fingerprint density at radius 1 is 1.27 bits per heavy atom. The standard InChI is InChI=1S/C13H24BrN/c1-11-5-3-4-6-12(11)15(2)10-13(9-14)7-8-13/h11-12H,3-10H2,1-2H3. The van der Waals surface area contributed by atoms with Gasteiger partial charge in [0.1, 0.15) is 0 Å². The Bertz CT molecular complexity index is 213. The van der Waals surface area contributed by atoms with Crippen LogP contribution in [-0.4, -0.2) is 29.9 Å². The Morgan fingerprint density at radius 2 is 1.93 bits per heavy atom. The average Bonchev–Trinajstić information content (AvgIpc) is 2.99. The number of halogens is 1. The topological polar surface area (TPSA) is 3.24 Å². The lowest BCUT2D eigenvalue weighted by molar-refractivity contribution is 0.121. The van der Waals surface area contributed by atoms with E-state index < -0.39 is 0 Å². The number of hydrogen-bond acceptors (Lipinski definition) is 1. The lowest BCUT2D eigenvalue weighted by Gasteiger charge is -2.38. The van der Waals surface area contributed by atoms with Gasteiger partial charge in [-0.3, -0.25) is 0 Å². The molecule has 0 N–H and O–H groups in total. The first-order valence-corrected chi connectivity index (χ1v) is 7.55. The normalized spacial score (nSPS) is 34.4. The summed E-state index contributed by atoms with van der Waals surface area (Å²) in [6.07, 6.45) is 8.63. The molecule has 2 rings (SSSR count). The van der Waals surface area contributed by atoms with E-state index >= 15 is 0 Å². The van der Waals surface area contributed by atoms with Gasteiger partial charge in [-0.05, 0) is 44.1 Å². The van der Waals surface area contributed by atoms with Gasteiger partial charge in [-0.25, -0.2) is 0 Å². The molecule has 2 heteroatoms. The maximum atomic E-state index is 3.67.